The summed E-state index contributed by atoms with van der Waals surface area (Å²) >= 11 is 0. The Morgan fingerprint density at radius 3 is 2.85 bits per heavy atom. The molecule has 1 saturated heterocycles. The predicted molar refractivity (Wildman–Crippen MR) is 73.1 cm³/mol. The largest absolute Gasteiger partial charge is 0.361 e. The predicted octanol–water partition coefficient (Wildman–Crippen LogP) is 0.961. The summed E-state index contributed by atoms with van der Waals surface area (Å²) < 4.78 is 5.04. The maximum absolute atomic E-state index is 12.0. The van der Waals surface area contributed by atoms with Crippen LogP contribution in [0.1, 0.15) is 36.8 Å². The van der Waals surface area contributed by atoms with E-state index in [2.05, 4.69) is 10.5 Å². The lowest BCUT2D eigenvalue weighted by Crippen LogP contribution is -2.38. The Morgan fingerprint density at radius 2 is 2.25 bits per heavy atom. The van der Waals surface area contributed by atoms with Gasteiger partial charge >= 0.3 is 0 Å². The van der Waals surface area contributed by atoms with Crippen molar-refractivity contribution in [3.63, 3.8) is 0 Å². The van der Waals surface area contributed by atoms with Gasteiger partial charge in [-0.25, -0.2) is 0 Å². The number of aromatic nitrogens is 1. The zero-order valence-electron chi connectivity index (χ0n) is 12.2. The summed E-state index contributed by atoms with van der Waals surface area (Å²) in [6.07, 6.45) is 1.58. The summed E-state index contributed by atoms with van der Waals surface area (Å²) in [7, 11) is 0. The third-order valence-corrected chi connectivity index (χ3v) is 3.59. The summed E-state index contributed by atoms with van der Waals surface area (Å²) in [4.78, 5) is 25.6. The molecule has 1 aliphatic heterocycles. The maximum Gasteiger partial charge on any atom is 0.224 e. The SMILES string of the molecule is CCCN1CC(NC(=O)Cc2c(C)noc2C)CC1=O. The van der Waals surface area contributed by atoms with Gasteiger partial charge in [0.1, 0.15) is 5.76 Å². The summed E-state index contributed by atoms with van der Waals surface area (Å²) in [5.41, 5.74) is 1.57. The van der Waals surface area contributed by atoms with Crippen molar-refractivity contribution in [3.8, 4) is 0 Å². The Kier molecular flexibility index (Phi) is 4.42. The minimum absolute atomic E-state index is 0.0815. The van der Waals surface area contributed by atoms with E-state index < -0.39 is 0 Å². The van der Waals surface area contributed by atoms with Crippen molar-refractivity contribution in [1.29, 1.82) is 0 Å². The highest BCUT2D eigenvalue weighted by molar-refractivity contribution is 5.83. The summed E-state index contributed by atoms with van der Waals surface area (Å²) in [5.74, 6) is 0.706. The number of carbonyl (C=O) groups excluding carboxylic acids is 2. The molecule has 0 aromatic carbocycles. The molecule has 0 spiro atoms. The van der Waals surface area contributed by atoms with Crippen LogP contribution in [0.4, 0.5) is 0 Å². The molecule has 6 heteroatoms. The summed E-state index contributed by atoms with van der Waals surface area (Å²) in [6.45, 7) is 7.03. The number of aryl methyl sites for hydroxylation is 2. The fourth-order valence-corrected chi connectivity index (χ4v) is 2.55. The topological polar surface area (TPSA) is 75.4 Å². The Bertz CT molecular complexity index is 490. The molecule has 2 heterocycles. The molecule has 20 heavy (non-hydrogen) atoms. The number of nitrogens with one attached hydrogen (secondary N) is 1. The first kappa shape index (κ1) is 14.6. The first-order chi connectivity index (χ1) is 9.51. The van der Waals surface area contributed by atoms with Crippen molar-refractivity contribution in [1.82, 2.24) is 15.4 Å². The van der Waals surface area contributed by atoms with Gasteiger partial charge in [-0.3, -0.25) is 9.59 Å². The van der Waals surface area contributed by atoms with Crippen LogP contribution < -0.4 is 5.32 Å². The lowest BCUT2D eigenvalue weighted by Gasteiger charge is -2.16. The van der Waals surface area contributed by atoms with Crippen molar-refractivity contribution in [2.45, 2.75) is 46.1 Å². The van der Waals surface area contributed by atoms with Gasteiger partial charge < -0.3 is 14.7 Å². The van der Waals surface area contributed by atoms with E-state index in [1.54, 1.807) is 11.8 Å². The van der Waals surface area contributed by atoms with E-state index in [9.17, 15) is 9.59 Å². The van der Waals surface area contributed by atoms with Crippen LogP contribution in [0.15, 0.2) is 4.52 Å². The average molecular weight is 279 g/mol. The first-order valence-electron chi connectivity index (χ1n) is 7.00. The number of rotatable bonds is 5. The van der Waals surface area contributed by atoms with E-state index >= 15 is 0 Å². The van der Waals surface area contributed by atoms with Crippen LogP contribution in [0.2, 0.25) is 0 Å². The number of hydrogen-bond acceptors (Lipinski definition) is 4. The second-order valence-corrected chi connectivity index (χ2v) is 5.29. The first-order valence-corrected chi connectivity index (χ1v) is 7.00. The average Bonchev–Trinajstić information content (AvgIpc) is 2.87. The molecule has 6 nitrogen and oxygen atoms in total. The van der Waals surface area contributed by atoms with Crippen LogP contribution in [0.25, 0.3) is 0 Å². The molecule has 1 fully saturated rings. The molecule has 1 atom stereocenters. The minimum Gasteiger partial charge on any atom is -0.361 e. The zero-order valence-corrected chi connectivity index (χ0v) is 12.2. The van der Waals surface area contributed by atoms with E-state index in [0.717, 1.165) is 24.2 Å². The molecule has 2 amide bonds. The Morgan fingerprint density at radius 1 is 1.50 bits per heavy atom. The maximum atomic E-state index is 12.0. The van der Waals surface area contributed by atoms with Gasteiger partial charge in [-0.05, 0) is 20.3 Å². The molecule has 1 aliphatic rings. The van der Waals surface area contributed by atoms with Crippen LogP contribution in [-0.4, -0.2) is 41.0 Å². The minimum atomic E-state index is -0.0875. The molecule has 0 bridgehead atoms. The van der Waals surface area contributed by atoms with Gasteiger partial charge in [0, 0.05) is 25.1 Å². The van der Waals surface area contributed by atoms with E-state index in [0.29, 0.717) is 18.7 Å². The van der Waals surface area contributed by atoms with Crippen molar-refractivity contribution < 1.29 is 14.1 Å². The van der Waals surface area contributed by atoms with Gasteiger partial charge in [-0.2, -0.15) is 0 Å². The van der Waals surface area contributed by atoms with Crippen molar-refractivity contribution in [3.05, 3.63) is 17.0 Å². The molecule has 1 N–H and O–H groups in total. The number of hydrogen-bond donors (Lipinski definition) is 1. The van der Waals surface area contributed by atoms with Gasteiger partial charge in [-0.15, -0.1) is 0 Å². The highest BCUT2D eigenvalue weighted by Gasteiger charge is 2.30. The number of amides is 2. The summed E-state index contributed by atoms with van der Waals surface area (Å²) in [5, 5.41) is 6.75. The molecule has 0 radical (unpaired) electrons. The van der Waals surface area contributed by atoms with Gasteiger partial charge in [-0.1, -0.05) is 12.1 Å². The Labute approximate surface area is 118 Å². The number of nitrogens with zero attached hydrogens (tertiary/aromatic N) is 2. The van der Waals surface area contributed by atoms with E-state index in [-0.39, 0.29) is 24.3 Å². The Hall–Kier alpha value is -1.85. The number of carbonyl (C=O) groups is 2. The second-order valence-electron chi connectivity index (χ2n) is 5.29. The van der Waals surface area contributed by atoms with Gasteiger partial charge in [0.15, 0.2) is 0 Å². The standard InChI is InChI=1S/C14H21N3O3/c1-4-5-17-8-11(6-14(17)19)15-13(18)7-12-9(2)16-20-10(12)3/h11H,4-8H2,1-3H3,(H,15,18). The van der Waals surface area contributed by atoms with E-state index in [1.807, 2.05) is 13.8 Å². The van der Waals surface area contributed by atoms with Crippen LogP contribution in [0, 0.1) is 13.8 Å². The monoisotopic (exact) mass is 279 g/mol. The van der Waals surface area contributed by atoms with Crippen molar-refractivity contribution in [2.24, 2.45) is 0 Å². The van der Waals surface area contributed by atoms with E-state index in [1.165, 1.54) is 0 Å². The molecular weight excluding hydrogens is 258 g/mol. The van der Waals surface area contributed by atoms with Crippen LogP contribution in [-0.2, 0) is 16.0 Å². The van der Waals surface area contributed by atoms with E-state index in [4.69, 9.17) is 4.52 Å². The molecule has 2 rings (SSSR count). The molecule has 1 unspecified atom stereocenters. The van der Waals surface area contributed by atoms with Crippen LogP contribution >= 0.6 is 0 Å². The fourth-order valence-electron chi connectivity index (χ4n) is 2.55. The number of likely N-dealkylation sites (tertiary alicyclic amines) is 1. The van der Waals surface area contributed by atoms with Gasteiger partial charge in [0.05, 0.1) is 18.2 Å². The van der Waals surface area contributed by atoms with Crippen LogP contribution in [0.5, 0.6) is 0 Å². The molecule has 0 aliphatic carbocycles. The highest BCUT2D eigenvalue weighted by atomic mass is 16.5. The quantitative estimate of drug-likeness (QED) is 0.871. The van der Waals surface area contributed by atoms with Crippen LogP contribution in [0.3, 0.4) is 0 Å². The lowest BCUT2D eigenvalue weighted by molar-refractivity contribution is -0.127. The smallest absolute Gasteiger partial charge is 0.224 e. The molecule has 110 valence electrons. The van der Waals surface area contributed by atoms with Crippen molar-refractivity contribution >= 4 is 11.8 Å². The third kappa shape index (κ3) is 3.18. The lowest BCUT2D eigenvalue weighted by atomic mass is 10.1. The fraction of sp³-hybridized carbons (Fsp3) is 0.643. The van der Waals surface area contributed by atoms with Gasteiger partial charge in [0.25, 0.3) is 0 Å². The molecular formula is C14H21N3O3. The Balaban J connectivity index is 1.88. The third-order valence-electron chi connectivity index (χ3n) is 3.59. The molecule has 1 aromatic heterocycles. The summed E-state index contributed by atoms with van der Waals surface area (Å²) in [6, 6.07) is -0.0815. The van der Waals surface area contributed by atoms with Crippen molar-refractivity contribution in [2.75, 3.05) is 13.1 Å². The molecule has 1 aromatic rings. The normalized spacial score (nSPS) is 18.6. The van der Waals surface area contributed by atoms with Gasteiger partial charge in [0.2, 0.25) is 11.8 Å². The zero-order chi connectivity index (χ0) is 14.7. The highest BCUT2D eigenvalue weighted by Crippen LogP contribution is 2.14. The second kappa shape index (κ2) is 6.07. The molecule has 0 saturated carbocycles.